The van der Waals surface area contributed by atoms with Crippen molar-refractivity contribution in [2.75, 3.05) is 26.3 Å². The van der Waals surface area contributed by atoms with E-state index in [9.17, 15) is 4.79 Å². The summed E-state index contributed by atoms with van der Waals surface area (Å²) in [5, 5.41) is 7.16. The van der Waals surface area contributed by atoms with Crippen LogP contribution < -0.4 is 0 Å². The number of carbonyl (C=O) groups excluding carboxylic acids is 1. The average molecular weight is 306 g/mol. The van der Waals surface area contributed by atoms with E-state index in [-0.39, 0.29) is 12.0 Å². The van der Waals surface area contributed by atoms with E-state index in [1.807, 2.05) is 4.90 Å². The second-order valence-corrected chi connectivity index (χ2v) is 5.62. The maximum absolute atomic E-state index is 12.5. The van der Waals surface area contributed by atoms with E-state index in [2.05, 4.69) is 22.1 Å². The number of aromatic amines is 1. The Kier molecular flexibility index (Phi) is 4.72. The van der Waals surface area contributed by atoms with Crippen LogP contribution in [0.5, 0.6) is 0 Å². The molecule has 0 spiro atoms. The maximum Gasteiger partial charge on any atom is 0.253 e. The molecule has 120 valence electrons. The smallest absolute Gasteiger partial charge is 0.253 e. The van der Waals surface area contributed by atoms with Gasteiger partial charge < -0.3 is 14.4 Å². The number of carbonyl (C=O) groups is 1. The van der Waals surface area contributed by atoms with Crippen LogP contribution in [0.2, 0.25) is 0 Å². The van der Waals surface area contributed by atoms with Gasteiger partial charge >= 0.3 is 0 Å². The van der Waals surface area contributed by atoms with Crippen molar-refractivity contribution in [1.29, 1.82) is 0 Å². The number of hydrogen-bond acceptors (Lipinski definition) is 5. The number of rotatable bonds is 4. The molecule has 1 fully saturated rings. The zero-order valence-corrected chi connectivity index (χ0v) is 12.9. The van der Waals surface area contributed by atoms with Gasteiger partial charge in [0.25, 0.3) is 5.91 Å². The lowest BCUT2D eigenvalue weighted by atomic mass is 10.1. The molecule has 1 aromatic rings. The van der Waals surface area contributed by atoms with Crippen LogP contribution in [0.1, 0.15) is 43.9 Å². The Morgan fingerprint density at radius 1 is 1.50 bits per heavy atom. The van der Waals surface area contributed by atoms with Gasteiger partial charge in [0.05, 0.1) is 31.6 Å². The van der Waals surface area contributed by atoms with Crippen molar-refractivity contribution >= 4 is 5.91 Å². The molecule has 1 aromatic heterocycles. The van der Waals surface area contributed by atoms with E-state index >= 15 is 0 Å². The van der Waals surface area contributed by atoms with Gasteiger partial charge in [0.15, 0.2) is 5.82 Å². The molecule has 2 aliphatic heterocycles. The number of aromatic nitrogens is 3. The summed E-state index contributed by atoms with van der Waals surface area (Å²) in [6.07, 6.45) is 4.90. The van der Waals surface area contributed by atoms with Crippen molar-refractivity contribution in [2.45, 2.75) is 38.7 Å². The highest BCUT2D eigenvalue weighted by atomic mass is 16.5. The fourth-order valence-corrected chi connectivity index (χ4v) is 2.72. The minimum Gasteiger partial charge on any atom is -0.501 e. The lowest BCUT2D eigenvalue weighted by molar-refractivity contribution is -0.135. The summed E-state index contributed by atoms with van der Waals surface area (Å²) in [6.45, 7) is 4.38. The zero-order valence-electron chi connectivity index (χ0n) is 12.9. The van der Waals surface area contributed by atoms with Crippen molar-refractivity contribution in [3.05, 3.63) is 23.5 Å². The fraction of sp³-hybridized carbons (Fsp3) is 0.667. The second kappa shape index (κ2) is 6.91. The van der Waals surface area contributed by atoms with Gasteiger partial charge in [-0.25, -0.2) is 4.98 Å². The highest BCUT2D eigenvalue weighted by molar-refractivity contribution is 5.93. The molecule has 1 N–H and O–H groups in total. The number of amides is 1. The van der Waals surface area contributed by atoms with Gasteiger partial charge in [0.2, 0.25) is 0 Å². The van der Waals surface area contributed by atoms with E-state index in [4.69, 9.17) is 9.47 Å². The quantitative estimate of drug-likeness (QED) is 0.908. The molecule has 1 saturated heterocycles. The molecule has 7 nitrogen and oxygen atoms in total. The van der Waals surface area contributed by atoms with Crippen LogP contribution in [0.15, 0.2) is 11.8 Å². The molecular formula is C15H22N4O3. The van der Waals surface area contributed by atoms with Gasteiger partial charge in [-0.05, 0) is 19.3 Å². The highest BCUT2D eigenvalue weighted by Gasteiger charge is 2.30. The minimum absolute atomic E-state index is 0.0392. The Bertz CT molecular complexity index is 555. The summed E-state index contributed by atoms with van der Waals surface area (Å²) >= 11 is 0. The number of hydrogen-bond donors (Lipinski definition) is 1. The molecule has 0 radical (unpaired) electrons. The van der Waals surface area contributed by atoms with Crippen molar-refractivity contribution in [1.82, 2.24) is 20.1 Å². The standard InChI is InChI=1S/C15H22N4O3/c1-2-4-13-16-14(18-17-13)12-9-19(6-8-22-12)15(20)11-5-3-7-21-10-11/h10,12H,2-9H2,1H3,(H,16,17,18)/t12-/m0/s1. The summed E-state index contributed by atoms with van der Waals surface area (Å²) < 4.78 is 11.0. The molecule has 3 heterocycles. The summed E-state index contributed by atoms with van der Waals surface area (Å²) in [4.78, 5) is 18.8. The molecule has 0 bridgehead atoms. The van der Waals surface area contributed by atoms with Gasteiger partial charge in [-0.2, -0.15) is 5.10 Å². The molecule has 0 unspecified atom stereocenters. The average Bonchev–Trinajstić information content (AvgIpc) is 3.04. The van der Waals surface area contributed by atoms with E-state index in [1.54, 1.807) is 6.26 Å². The van der Waals surface area contributed by atoms with Gasteiger partial charge in [0.1, 0.15) is 11.9 Å². The number of aryl methyl sites for hydroxylation is 1. The predicted octanol–water partition coefficient (Wildman–Crippen LogP) is 1.35. The van der Waals surface area contributed by atoms with Crippen LogP contribution in [0.3, 0.4) is 0 Å². The molecule has 3 rings (SSSR count). The molecule has 0 aromatic carbocycles. The van der Waals surface area contributed by atoms with Gasteiger partial charge in [-0.15, -0.1) is 0 Å². The van der Waals surface area contributed by atoms with Crippen molar-refractivity contribution in [2.24, 2.45) is 0 Å². The summed E-state index contributed by atoms with van der Waals surface area (Å²) in [5.41, 5.74) is 0.744. The molecule has 1 amide bonds. The third-order valence-electron chi connectivity index (χ3n) is 3.89. The fourth-order valence-electron chi connectivity index (χ4n) is 2.72. The molecule has 7 heteroatoms. The van der Waals surface area contributed by atoms with Crippen molar-refractivity contribution in [3.8, 4) is 0 Å². The second-order valence-electron chi connectivity index (χ2n) is 5.62. The van der Waals surface area contributed by atoms with Crippen molar-refractivity contribution < 1.29 is 14.3 Å². The van der Waals surface area contributed by atoms with Crippen LogP contribution in [-0.4, -0.2) is 52.3 Å². The molecular weight excluding hydrogens is 284 g/mol. The normalized spacial score (nSPS) is 22.1. The first-order chi connectivity index (χ1) is 10.8. The van der Waals surface area contributed by atoms with Crippen LogP contribution in [0, 0.1) is 0 Å². The molecule has 22 heavy (non-hydrogen) atoms. The van der Waals surface area contributed by atoms with Crippen LogP contribution >= 0.6 is 0 Å². The first kappa shape index (κ1) is 15.0. The summed E-state index contributed by atoms with van der Waals surface area (Å²) in [7, 11) is 0. The third-order valence-corrected chi connectivity index (χ3v) is 3.89. The lowest BCUT2D eigenvalue weighted by Crippen LogP contribution is -2.43. The molecule has 0 saturated carbocycles. The minimum atomic E-state index is -0.260. The number of nitrogens with zero attached hydrogens (tertiary/aromatic N) is 3. The summed E-state index contributed by atoms with van der Waals surface area (Å²) in [5.74, 6) is 1.54. The van der Waals surface area contributed by atoms with Gasteiger partial charge in [-0.1, -0.05) is 6.92 Å². The maximum atomic E-state index is 12.5. The molecule has 1 atom stereocenters. The van der Waals surface area contributed by atoms with Gasteiger partial charge in [-0.3, -0.25) is 9.89 Å². The van der Waals surface area contributed by atoms with Crippen LogP contribution in [0.4, 0.5) is 0 Å². The number of H-pyrrole nitrogens is 1. The lowest BCUT2D eigenvalue weighted by Gasteiger charge is -2.32. The van der Waals surface area contributed by atoms with E-state index in [1.165, 1.54) is 0 Å². The Morgan fingerprint density at radius 2 is 2.41 bits per heavy atom. The Balaban J connectivity index is 1.65. The molecule has 2 aliphatic rings. The largest absolute Gasteiger partial charge is 0.501 e. The SMILES string of the molecule is CCCc1nc([C@@H]2CN(C(=O)C3=COCCC3)CCO2)n[nH]1. The number of ether oxygens (including phenoxy) is 2. The molecule has 0 aliphatic carbocycles. The summed E-state index contributed by atoms with van der Waals surface area (Å²) in [6, 6.07) is 0. The van der Waals surface area contributed by atoms with E-state index in [0.29, 0.717) is 32.1 Å². The van der Waals surface area contributed by atoms with E-state index in [0.717, 1.165) is 37.1 Å². The number of morpholine rings is 1. The Labute approximate surface area is 129 Å². The Morgan fingerprint density at radius 3 is 3.18 bits per heavy atom. The van der Waals surface area contributed by atoms with Crippen LogP contribution in [-0.2, 0) is 20.7 Å². The van der Waals surface area contributed by atoms with Gasteiger partial charge in [0, 0.05) is 13.0 Å². The van der Waals surface area contributed by atoms with Crippen LogP contribution in [0.25, 0.3) is 0 Å². The predicted molar refractivity (Wildman–Crippen MR) is 78.9 cm³/mol. The number of nitrogens with one attached hydrogen (secondary N) is 1. The first-order valence-corrected chi connectivity index (χ1v) is 7.90. The Hall–Kier alpha value is -1.89. The van der Waals surface area contributed by atoms with Crippen molar-refractivity contribution in [3.63, 3.8) is 0 Å². The van der Waals surface area contributed by atoms with E-state index < -0.39 is 0 Å². The monoisotopic (exact) mass is 306 g/mol. The highest BCUT2D eigenvalue weighted by Crippen LogP contribution is 2.22. The third kappa shape index (κ3) is 3.30. The first-order valence-electron chi connectivity index (χ1n) is 7.90. The topological polar surface area (TPSA) is 80.3 Å². The zero-order chi connectivity index (χ0) is 15.4.